The summed E-state index contributed by atoms with van der Waals surface area (Å²) in [4.78, 5) is 19.9. The number of carbonyl (C=O) groups is 1. The van der Waals surface area contributed by atoms with E-state index < -0.39 is 40.8 Å². The largest absolute Gasteiger partial charge is 0.436 e. The molecule has 0 aliphatic rings. The molecule has 1 N–H and O–H groups in total. The van der Waals surface area contributed by atoms with Gasteiger partial charge in [0.2, 0.25) is 0 Å². The molecule has 1 aromatic heterocycles. The molecule has 0 aliphatic carbocycles. The summed E-state index contributed by atoms with van der Waals surface area (Å²) in [6.07, 6.45) is -2.33. The molecule has 9 heteroatoms. The zero-order valence-corrected chi connectivity index (χ0v) is 13.5. The average molecular weight is 377 g/mol. The van der Waals surface area contributed by atoms with Crippen LogP contribution in [0.15, 0.2) is 60.9 Å². The number of hydrogen-bond acceptors (Lipinski definition) is 4. The lowest BCUT2D eigenvalue weighted by atomic mass is 10.2. The van der Waals surface area contributed by atoms with Gasteiger partial charge >= 0.3 is 6.18 Å². The van der Waals surface area contributed by atoms with Crippen LogP contribution in [0.3, 0.4) is 0 Å². The van der Waals surface area contributed by atoms with E-state index in [1.807, 2.05) is 0 Å². The summed E-state index contributed by atoms with van der Waals surface area (Å²) in [6, 6.07) is 9.90. The van der Waals surface area contributed by atoms with Gasteiger partial charge in [-0.05, 0) is 24.3 Å². The molecule has 0 aliphatic heterocycles. The van der Waals surface area contributed by atoms with Crippen molar-refractivity contribution in [2.45, 2.75) is 6.18 Å². The SMILES string of the molecule is O=C(Nc1ccccc1F)c1nccnc1Oc1ccccc1C(F)(F)F. The molecule has 0 unspecified atom stereocenters. The van der Waals surface area contributed by atoms with Crippen molar-refractivity contribution >= 4 is 11.6 Å². The van der Waals surface area contributed by atoms with Crippen LogP contribution in [0.2, 0.25) is 0 Å². The van der Waals surface area contributed by atoms with Crippen molar-refractivity contribution in [3.8, 4) is 11.6 Å². The van der Waals surface area contributed by atoms with Gasteiger partial charge < -0.3 is 10.1 Å². The molecule has 0 radical (unpaired) electrons. The van der Waals surface area contributed by atoms with Crippen LogP contribution in [0, 0.1) is 5.82 Å². The molecule has 1 heterocycles. The quantitative estimate of drug-likeness (QED) is 0.671. The fourth-order valence-corrected chi connectivity index (χ4v) is 2.19. The lowest BCUT2D eigenvalue weighted by molar-refractivity contribution is -0.138. The van der Waals surface area contributed by atoms with E-state index in [1.165, 1.54) is 36.5 Å². The van der Waals surface area contributed by atoms with E-state index in [1.54, 1.807) is 0 Å². The maximum Gasteiger partial charge on any atom is 0.419 e. The third kappa shape index (κ3) is 4.20. The molecular formula is C18H11F4N3O2. The molecule has 5 nitrogen and oxygen atoms in total. The number of ether oxygens (including phenoxy) is 1. The van der Waals surface area contributed by atoms with Crippen molar-refractivity contribution in [2.75, 3.05) is 5.32 Å². The topological polar surface area (TPSA) is 64.1 Å². The van der Waals surface area contributed by atoms with Gasteiger partial charge in [0, 0.05) is 12.4 Å². The molecule has 3 rings (SSSR count). The Morgan fingerprint density at radius 1 is 0.963 bits per heavy atom. The first-order chi connectivity index (χ1) is 12.9. The lowest BCUT2D eigenvalue weighted by Gasteiger charge is -2.14. The Kier molecular flexibility index (Phi) is 5.02. The van der Waals surface area contributed by atoms with E-state index in [-0.39, 0.29) is 5.69 Å². The molecule has 3 aromatic rings. The number of nitrogens with zero attached hydrogens (tertiary/aromatic N) is 2. The fourth-order valence-electron chi connectivity index (χ4n) is 2.19. The van der Waals surface area contributed by atoms with Gasteiger partial charge in [-0.2, -0.15) is 13.2 Å². The highest BCUT2D eigenvalue weighted by Crippen LogP contribution is 2.37. The molecule has 0 fully saturated rings. The second-order valence-corrected chi connectivity index (χ2v) is 5.24. The second-order valence-electron chi connectivity index (χ2n) is 5.24. The molecule has 138 valence electrons. The summed E-state index contributed by atoms with van der Waals surface area (Å²) in [5, 5.41) is 2.28. The second kappa shape index (κ2) is 7.40. The maximum atomic E-state index is 13.7. The Labute approximate surface area is 150 Å². The van der Waals surface area contributed by atoms with Crippen LogP contribution in [0.4, 0.5) is 23.2 Å². The highest BCUT2D eigenvalue weighted by atomic mass is 19.4. The average Bonchev–Trinajstić information content (AvgIpc) is 2.63. The van der Waals surface area contributed by atoms with Gasteiger partial charge in [-0.1, -0.05) is 24.3 Å². The van der Waals surface area contributed by atoms with Crippen molar-refractivity contribution in [1.29, 1.82) is 0 Å². The van der Waals surface area contributed by atoms with Gasteiger partial charge in [0.15, 0.2) is 5.69 Å². The van der Waals surface area contributed by atoms with E-state index in [9.17, 15) is 22.4 Å². The summed E-state index contributed by atoms with van der Waals surface area (Å²) in [5.74, 6) is -2.54. The van der Waals surface area contributed by atoms with Gasteiger partial charge in [-0.15, -0.1) is 0 Å². The van der Waals surface area contributed by atoms with Crippen LogP contribution < -0.4 is 10.1 Å². The predicted octanol–water partition coefficient (Wildman–Crippen LogP) is 4.68. The van der Waals surface area contributed by atoms with Gasteiger partial charge in [-0.25, -0.2) is 14.4 Å². The standard InChI is InChI=1S/C18H11F4N3O2/c19-12-6-2-3-7-13(12)25-16(26)15-17(24-10-9-23-15)27-14-8-4-1-5-11(14)18(20,21)22/h1-10H,(H,25,26). The number of nitrogens with one attached hydrogen (secondary N) is 1. The molecule has 0 bridgehead atoms. The van der Waals surface area contributed by atoms with E-state index in [4.69, 9.17) is 4.74 Å². The smallest absolute Gasteiger partial charge is 0.419 e. The summed E-state index contributed by atoms with van der Waals surface area (Å²) in [5.41, 5.74) is -1.54. The third-order valence-corrected chi connectivity index (χ3v) is 3.40. The molecule has 1 amide bonds. The first-order valence-corrected chi connectivity index (χ1v) is 7.57. The van der Waals surface area contributed by atoms with Gasteiger partial charge in [0.25, 0.3) is 11.8 Å². The number of alkyl halides is 3. The van der Waals surface area contributed by atoms with Crippen molar-refractivity contribution in [3.05, 3.63) is 78.0 Å². The van der Waals surface area contributed by atoms with Gasteiger partial charge in [0.05, 0.1) is 11.3 Å². The molecule has 27 heavy (non-hydrogen) atoms. The molecule has 0 spiro atoms. The van der Waals surface area contributed by atoms with Crippen molar-refractivity contribution < 1.29 is 27.1 Å². The van der Waals surface area contributed by atoms with Crippen LogP contribution in [0.25, 0.3) is 0 Å². The summed E-state index contributed by atoms with van der Waals surface area (Å²) >= 11 is 0. The molecule has 0 atom stereocenters. The first kappa shape index (κ1) is 18.3. The Morgan fingerprint density at radius 2 is 1.63 bits per heavy atom. The lowest BCUT2D eigenvalue weighted by Crippen LogP contribution is -2.16. The molecule has 2 aromatic carbocycles. The third-order valence-electron chi connectivity index (χ3n) is 3.40. The number of carbonyl (C=O) groups excluding carboxylic acids is 1. The van der Waals surface area contributed by atoms with Crippen LogP contribution in [-0.4, -0.2) is 15.9 Å². The van der Waals surface area contributed by atoms with Gasteiger partial charge in [0.1, 0.15) is 11.6 Å². The van der Waals surface area contributed by atoms with E-state index in [0.717, 1.165) is 24.4 Å². The van der Waals surface area contributed by atoms with Crippen LogP contribution in [-0.2, 0) is 6.18 Å². The first-order valence-electron chi connectivity index (χ1n) is 7.57. The molecular weight excluding hydrogens is 366 g/mol. The minimum atomic E-state index is -4.66. The fraction of sp³-hybridized carbons (Fsp3) is 0.0556. The Hall–Kier alpha value is -3.49. The van der Waals surface area contributed by atoms with Crippen molar-refractivity contribution in [3.63, 3.8) is 0 Å². The summed E-state index contributed by atoms with van der Waals surface area (Å²) < 4.78 is 58.2. The predicted molar refractivity (Wildman–Crippen MR) is 87.9 cm³/mol. The maximum absolute atomic E-state index is 13.7. The molecule has 0 saturated carbocycles. The number of hydrogen-bond donors (Lipinski definition) is 1. The molecule has 0 saturated heterocycles. The van der Waals surface area contributed by atoms with E-state index in [2.05, 4.69) is 15.3 Å². The number of rotatable bonds is 4. The monoisotopic (exact) mass is 377 g/mol. The number of para-hydroxylation sites is 2. The van der Waals surface area contributed by atoms with Crippen LogP contribution in [0.1, 0.15) is 16.1 Å². The number of benzene rings is 2. The minimum absolute atomic E-state index is 0.116. The van der Waals surface area contributed by atoms with Gasteiger partial charge in [-0.3, -0.25) is 4.79 Å². The highest BCUT2D eigenvalue weighted by Gasteiger charge is 2.34. The van der Waals surface area contributed by atoms with Crippen LogP contribution in [0.5, 0.6) is 11.6 Å². The number of halogens is 4. The zero-order chi connectivity index (χ0) is 19.4. The van der Waals surface area contributed by atoms with Crippen molar-refractivity contribution in [1.82, 2.24) is 9.97 Å². The Balaban J connectivity index is 1.92. The number of anilines is 1. The van der Waals surface area contributed by atoms with E-state index >= 15 is 0 Å². The Morgan fingerprint density at radius 3 is 2.37 bits per heavy atom. The van der Waals surface area contributed by atoms with Crippen LogP contribution >= 0.6 is 0 Å². The summed E-state index contributed by atoms with van der Waals surface area (Å²) in [7, 11) is 0. The highest BCUT2D eigenvalue weighted by molar-refractivity contribution is 6.04. The van der Waals surface area contributed by atoms with Crippen molar-refractivity contribution in [2.24, 2.45) is 0 Å². The Bertz CT molecular complexity index is 977. The number of amides is 1. The summed E-state index contributed by atoms with van der Waals surface area (Å²) in [6.45, 7) is 0. The zero-order valence-electron chi connectivity index (χ0n) is 13.5. The normalized spacial score (nSPS) is 11.1. The minimum Gasteiger partial charge on any atom is -0.436 e. The number of aromatic nitrogens is 2. The van der Waals surface area contributed by atoms with E-state index in [0.29, 0.717) is 0 Å².